The summed E-state index contributed by atoms with van der Waals surface area (Å²) in [7, 11) is 5.98. The second kappa shape index (κ2) is 13.9. The molecule has 1 N–H and O–H groups in total. The number of nitrogens with one attached hydrogen (secondary N) is 1. The van der Waals surface area contributed by atoms with E-state index in [0.29, 0.717) is 52.0 Å². The van der Waals surface area contributed by atoms with Crippen molar-refractivity contribution in [1.82, 2.24) is 20.0 Å². The van der Waals surface area contributed by atoms with Crippen LogP contribution in [0.15, 0.2) is 30.3 Å². The molecule has 3 fully saturated rings. The van der Waals surface area contributed by atoms with Crippen molar-refractivity contribution in [2.45, 2.75) is 56.0 Å². The molecule has 39 heavy (non-hydrogen) atoms. The molecule has 0 aromatic heterocycles. The first kappa shape index (κ1) is 29.8. The van der Waals surface area contributed by atoms with E-state index in [1.54, 1.807) is 12.0 Å². The fourth-order valence-corrected chi connectivity index (χ4v) is 6.47. The highest BCUT2D eigenvalue weighted by Crippen LogP contribution is 2.49. The molecule has 0 radical (unpaired) electrons. The number of hydrogen-bond donors (Lipinski definition) is 1. The van der Waals surface area contributed by atoms with Crippen LogP contribution in [0.25, 0.3) is 0 Å². The maximum Gasteiger partial charge on any atom is 0.321 e. The van der Waals surface area contributed by atoms with Crippen LogP contribution in [0.3, 0.4) is 0 Å². The third-order valence-corrected chi connectivity index (χ3v) is 9.11. The van der Waals surface area contributed by atoms with Crippen LogP contribution in [0.4, 0.5) is 4.79 Å². The van der Waals surface area contributed by atoms with E-state index in [1.807, 2.05) is 0 Å². The second-order valence-corrected chi connectivity index (χ2v) is 11.6. The molecule has 0 atom stereocenters. The van der Waals surface area contributed by atoms with Crippen molar-refractivity contribution in [3.63, 3.8) is 0 Å². The molecule has 1 saturated heterocycles. The van der Waals surface area contributed by atoms with E-state index in [0.717, 1.165) is 32.2 Å². The minimum absolute atomic E-state index is 0.0265. The van der Waals surface area contributed by atoms with Gasteiger partial charge in [0.1, 0.15) is 6.54 Å². The number of carbonyl (C=O) groups excluding carboxylic acids is 2. The Labute approximate surface area is 234 Å². The van der Waals surface area contributed by atoms with Crippen molar-refractivity contribution >= 4 is 11.9 Å². The fraction of sp³-hybridized carbons (Fsp3) is 0.733. The summed E-state index contributed by atoms with van der Waals surface area (Å²) in [6.07, 6.45) is 7.52. The molecule has 3 aliphatic rings. The molecular formula is C30H48N4O5. The van der Waals surface area contributed by atoms with Crippen LogP contribution in [-0.2, 0) is 24.5 Å². The summed E-state index contributed by atoms with van der Waals surface area (Å²) in [6, 6.07) is 10.8. The SMILES string of the molecule is COCCOCCOCCNC(=O)CN1C[C@]2(CC[C@](c3ccccc3)(N(C)C)CC2)N(CC2CCC2)C1=O. The molecule has 9 heteroatoms. The monoisotopic (exact) mass is 544 g/mol. The van der Waals surface area contributed by atoms with E-state index < -0.39 is 0 Å². The van der Waals surface area contributed by atoms with Gasteiger partial charge in [0.25, 0.3) is 0 Å². The van der Waals surface area contributed by atoms with Gasteiger partial charge < -0.3 is 29.3 Å². The number of hydrogen-bond acceptors (Lipinski definition) is 6. The summed E-state index contributed by atoms with van der Waals surface area (Å²) in [5, 5.41) is 2.92. The molecule has 3 amide bonds. The lowest BCUT2D eigenvalue weighted by Gasteiger charge is -2.51. The highest BCUT2D eigenvalue weighted by atomic mass is 16.5. The number of methoxy groups -OCH3 is 1. The summed E-state index contributed by atoms with van der Waals surface area (Å²) < 4.78 is 15.8. The molecule has 1 aromatic carbocycles. The average Bonchev–Trinajstić information content (AvgIpc) is 3.15. The first-order chi connectivity index (χ1) is 18.9. The van der Waals surface area contributed by atoms with Gasteiger partial charge in [0.05, 0.1) is 38.6 Å². The number of amides is 3. The van der Waals surface area contributed by atoms with Crippen LogP contribution in [0.5, 0.6) is 0 Å². The maximum absolute atomic E-state index is 13.7. The first-order valence-corrected chi connectivity index (χ1v) is 14.6. The minimum atomic E-state index is -0.201. The summed E-state index contributed by atoms with van der Waals surface area (Å²) in [6.45, 7) is 4.44. The molecule has 0 bridgehead atoms. The van der Waals surface area contributed by atoms with Crippen LogP contribution in [0.1, 0.15) is 50.5 Å². The van der Waals surface area contributed by atoms with Crippen molar-refractivity contribution in [3.8, 4) is 0 Å². The van der Waals surface area contributed by atoms with E-state index in [1.165, 1.54) is 24.8 Å². The lowest BCUT2D eigenvalue weighted by atomic mass is 9.68. The predicted octanol–water partition coefficient (Wildman–Crippen LogP) is 3.09. The van der Waals surface area contributed by atoms with Gasteiger partial charge in [0, 0.05) is 32.3 Å². The molecule has 4 rings (SSSR count). The zero-order valence-electron chi connectivity index (χ0n) is 24.2. The summed E-state index contributed by atoms with van der Waals surface area (Å²) in [5.41, 5.74) is 1.12. The molecule has 2 aliphatic carbocycles. The van der Waals surface area contributed by atoms with Crippen LogP contribution in [0.2, 0.25) is 0 Å². The van der Waals surface area contributed by atoms with Gasteiger partial charge in [-0.25, -0.2) is 4.79 Å². The number of nitrogens with zero attached hydrogens (tertiary/aromatic N) is 3. The predicted molar refractivity (Wildman–Crippen MR) is 151 cm³/mol. The normalized spacial score (nSPS) is 25.5. The van der Waals surface area contributed by atoms with Crippen LogP contribution >= 0.6 is 0 Å². The van der Waals surface area contributed by atoms with Gasteiger partial charge in [0.15, 0.2) is 0 Å². The van der Waals surface area contributed by atoms with Gasteiger partial charge in [-0.15, -0.1) is 0 Å². The van der Waals surface area contributed by atoms with Gasteiger partial charge in [-0.1, -0.05) is 36.8 Å². The smallest absolute Gasteiger partial charge is 0.321 e. The highest BCUT2D eigenvalue weighted by molar-refractivity contribution is 5.86. The van der Waals surface area contributed by atoms with Gasteiger partial charge in [0.2, 0.25) is 5.91 Å². The minimum Gasteiger partial charge on any atom is -0.382 e. The van der Waals surface area contributed by atoms with Crippen molar-refractivity contribution in [1.29, 1.82) is 0 Å². The molecule has 1 aromatic rings. The van der Waals surface area contributed by atoms with Gasteiger partial charge >= 0.3 is 6.03 Å². The van der Waals surface area contributed by atoms with Crippen molar-refractivity contribution < 1.29 is 23.8 Å². The standard InChI is InChI=1S/C30H48N4O5/c1-32(2)30(26-10-5-4-6-11-26)14-12-29(13-15-30)24-33(28(36)34(29)22-25-8-7-9-25)23-27(35)31-16-17-38-20-21-39-19-18-37-3/h4-6,10-11,25H,7-9,12-24H2,1-3H3,(H,31,35)/t29-,30+. The quantitative estimate of drug-likeness (QED) is 0.342. The van der Waals surface area contributed by atoms with E-state index >= 15 is 0 Å². The van der Waals surface area contributed by atoms with E-state index in [4.69, 9.17) is 14.2 Å². The average molecular weight is 545 g/mol. The Morgan fingerprint density at radius 3 is 2.28 bits per heavy atom. The van der Waals surface area contributed by atoms with Crippen molar-refractivity contribution in [2.75, 3.05) is 80.4 Å². The molecule has 1 heterocycles. The largest absolute Gasteiger partial charge is 0.382 e. The molecule has 1 spiro atoms. The maximum atomic E-state index is 13.7. The Kier molecular flexibility index (Phi) is 10.6. The second-order valence-electron chi connectivity index (χ2n) is 11.6. The number of urea groups is 1. The Balaban J connectivity index is 1.32. The van der Waals surface area contributed by atoms with Crippen LogP contribution in [0, 0.1) is 5.92 Å². The molecule has 9 nitrogen and oxygen atoms in total. The number of ether oxygens (including phenoxy) is 3. The number of carbonyl (C=O) groups is 2. The molecular weight excluding hydrogens is 496 g/mol. The zero-order valence-corrected chi connectivity index (χ0v) is 24.2. The Morgan fingerprint density at radius 2 is 1.67 bits per heavy atom. The third kappa shape index (κ3) is 7.12. The first-order valence-electron chi connectivity index (χ1n) is 14.6. The summed E-state index contributed by atoms with van der Waals surface area (Å²) in [4.78, 5) is 32.8. The van der Waals surface area contributed by atoms with Gasteiger partial charge in [-0.05, 0) is 64.1 Å². The Bertz CT molecular complexity index is 915. The zero-order chi connectivity index (χ0) is 27.7. The molecule has 2 saturated carbocycles. The van der Waals surface area contributed by atoms with E-state index in [-0.39, 0.29) is 29.6 Å². The van der Waals surface area contributed by atoms with Crippen LogP contribution in [-0.4, -0.2) is 113 Å². The van der Waals surface area contributed by atoms with Gasteiger partial charge in [-0.2, -0.15) is 0 Å². The summed E-state index contributed by atoms with van der Waals surface area (Å²) >= 11 is 0. The van der Waals surface area contributed by atoms with Crippen molar-refractivity contribution in [3.05, 3.63) is 35.9 Å². The molecule has 218 valence electrons. The lowest BCUT2D eigenvalue weighted by Crippen LogP contribution is -2.56. The highest BCUT2D eigenvalue weighted by Gasteiger charge is 2.55. The lowest BCUT2D eigenvalue weighted by molar-refractivity contribution is -0.121. The van der Waals surface area contributed by atoms with Crippen LogP contribution < -0.4 is 5.32 Å². The molecule has 0 unspecified atom stereocenters. The topological polar surface area (TPSA) is 83.6 Å². The Hall–Kier alpha value is -2.20. The summed E-state index contributed by atoms with van der Waals surface area (Å²) in [5.74, 6) is 0.455. The van der Waals surface area contributed by atoms with E-state index in [2.05, 4.69) is 59.5 Å². The Morgan fingerprint density at radius 1 is 1.00 bits per heavy atom. The van der Waals surface area contributed by atoms with Crippen molar-refractivity contribution in [2.24, 2.45) is 5.92 Å². The molecule has 1 aliphatic heterocycles. The van der Waals surface area contributed by atoms with Gasteiger partial charge in [-0.3, -0.25) is 9.69 Å². The van der Waals surface area contributed by atoms with E-state index in [9.17, 15) is 9.59 Å². The number of benzene rings is 1. The third-order valence-electron chi connectivity index (χ3n) is 9.11. The fourth-order valence-electron chi connectivity index (χ4n) is 6.47. The number of rotatable bonds is 15.